The van der Waals surface area contributed by atoms with E-state index in [1.54, 1.807) is 23.0 Å². The van der Waals surface area contributed by atoms with E-state index in [1.165, 1.54) is 12.7 Å². The Kier molecular flexibility index (Phi) is 6.56. The summed E-state index contributed by atoms with van der Waals surface area (Å²) in [7, 11) is 3.78. The second-order valence-corrected chi connectivity index (χ2v) is 8.45. The summed E-state index contributed by atoms with van der Waals surface area (Å²) in [5.74, 6) is 6.72. The van der Waals surface area contributed by atoms with E-state index in [0.717, 1.165) is 22.2 Å². The van der Waals surface area contributed by atoms with Crippen molar-refractivity contribution in [1.29, 1.82) is 0 Å². The Morgan fingerprint density at radius 3 is 2.73 bits per heavy atom. The lowest BCUT2D eigenvalue weighted by Gasteiger charge is -2.12. The molecule has 11 nitrogen and oxygen atoms in total. The first-order chi connectivity index (χ1) is 17.9. The monoisotopic (exact) mass is 493 g/mol. The van der Waals surface area contributed by atoms with Gasteiger partial charge in [-0.2, -0.15) is 5.10 Å². The van der Waals surface area contributed by atoms with E-state index in [1.807, 2.05) is 56.3 Å². The van der Waals surface area contributed by atoms with Gasteiger partial charge < -0.3 is 15.4 Å². The van der Waals surface area contributed by atoms with Gasteiger partial charge in [-0.1, -0.05) is 5.92 Å². The van der Waals surface area contributed by atoms with Gasteiger partial charge in [-0.3, -0.25) is 9.69 Å². The van der Waals surface area contributed by atoms with Crippen LogP contribution < -0.4 is 15.4 Å². The Hall–Kier alpha value is -5.08. The molecule has 3 aromatic heterocycles. The van der Waals surface area contributed by atoms with E-state index in [0.29, 0.717) is 35.3 Å². The number of carbonyl (C=O) groups is 1. The second-order valence-electron chi connectivity index (χ2n) is 8.45. The zero-order valence-corrected chi connectivity index (χ0v) is 20.4. The quantitative estimate of drug-likeness (QED) is 0.343. The molecule has 5 rings (SSSR count). The SMILES string of the molecule is Cc1cc(Nc2ncnc3ccc(NC(=O)C#CCN(C)C)cc23)ccc1Oc1cc2ncnn2cn1. The molecule has 0 spiro atoms. The van der Waals surface area contributed by atoms with Crippen LogP contribution in [0.25, 0.3) is 16.6 Å². The lowest BCUT2D eigenvalue weighted by atomic mass is 10.1. The van der Waals surface area contributed by atoms with Gasteiger partial charge in [0.1, 0.15) is 30.5 Å². The third kappa shape index (κ3) is 5.61. The van der Waals surface area contributed by atoms with Crippen molar-refractivity contribution in [3.05, 3.63) is 67.0 Å². The summed E-state index contributed by atoms with van der Waals surface area (Å²) in [6.07, 6.45) is 4.50. The number of hydrogen-bond acceptors (Lipinski definition) is 9. The van der Waals surface area contributed by atoms with Crippen molar-refractivity contribution in [2.75, 3.05) is 31.3 Å². The summed E-state index contributed by atoms with van der Waals surface area (Å²) in [5.41, 5.74) is 3.70. The van der Waals surface area contributed by atoms with Crippen molar-refractivity contribution in [2.24, 2.45) is 0 Å². The fourth-order valence-electron chi connectivity index (χ4n) is 3.53. The fourth-order valence-corrected chi connectivity index (χ4v) is 3.53. The number of fused-ring (bicyclic) bond motifs is 2. The molecule has 2 N–H and O–H groups in total. The third-order valence-corrected chi connectivity index (χ3v) is 5.29. The topological polar surface area (TPSA) is 122 Å². The molecule has 2 aromatic carbocycles. The number of anilines is 3. The van der Waals surface area contributed by atoms with Crippen LogP contribution in [0.5, 0.6) is 11.6 Å². The molecule has 1 amide bonds. The fraction of sp³-hybridized carbons (Fsp3) is 0.154. The normalized spacial score (nSPS) is 10.8. The van der Waals surface area contributed by atoms with E-state index in [4.69, 9.17) is 4.74 Å². The Morgan fingerprint density at radius 2 is 1.89 bits per heavy atom. The molecular weight excluding hydrogens is 470 g/mol. The molecule has 0 unspecified atom stereocenters. The highest BCUT2D eigenvalue weighted by Gasteiger charge is 2.10. The average Bonchev–Trinajstić information content (AvgIpc) is 3.34. The van der Waals surface area contributed by atoms with E-state index in [9.17, 15) is 4.79 Å². The van der Waals surface area contributed by atoms with Crippen molar-refractivity contribution < 1.29 is 9.53 Å². The summed E-state index contributed by atoms with van der Waals surface area (Å²) in [4.78, 5) is 31.2. The summed E-state index contributed by atoms with van der Waals surface area (Å²) >= 11 is 0. The van der Waals surface area contributed by atoms with E-state index in [-0.39, 0.29) is 5.91 Å². The number of hydrogen-bond donors (Lipinski definition) is 2. The van der Waals surface area contributed by atoms with E-state index < -0.39 is 0 Å². The summed E-state index contributed by atoms with van der Waals surface area (Å²) in [6.45, 7) is 2.45. The minimum absolute atomic E-state index is 0.378. The number of nitrogens with one attached hydrogen (secondary N) is 2. The second kappa shape index (κ2) is 10.3. The van der Waals surface area contributed by atoms with Gasteiger partial charge in [0.15, 0.2) is 5.65 Å². The number of ether oxygens (including phenoxy) is 1. The van der Waals surface area contributed by atoms with Crippen LogP contribution in [0.4, 0.5) is 17.2 Å². The van der Waals surface area contributed by atoms with Crippen LogP contribution in [0.3, 0.4) is 0 Å². The van der Waals surface area contributed by atoms with Crippen LogP contribution in [0.2, 0.25) is 0 Å². The van der Waals surface area contributed by atoms with Crippen molar-refractivity contribution >= 4 is 39.6 Å². The van der Waals surface area contributed by atoms with Crippen LogP contribution in [0.15, 0.2) is 61.4 Å². The average molecular weight is 494 g/mol. The number of aryl methyl sites for hydroxylation is 1. The lowest BCUT2D eigenvalue weighted by Crippen LogP contribution is -2.13. The molecule has 11 heteroatoms. The predicted octanol–water partition coefficient (Wildman–Crippen LogP) is 3.42. The lowest BCUT2D eigenvalue weighted by molar-refractivity contribution is -0.111. The molecule has 184 valence electrons. The minimum Gasteiger partial charge on any atom is -0.439 e. The molecule has 0 aliphatic heterocycles. The molecule has 0 bridgehead atoms. The van der Waals surface area contributed by atoms with Gasteiger partial charge in [0.2, 0.25) is 5.88 Å². The first kappa shape index (κ1) is 23.7. The largest absolute Gasteiger partial charge is 0.439 e. The zero-order valence-electron chi connectivity index (χ0n) is 20.4. The number of carbonyl (C=O) groups excluding carboxylic acids is 1. The number of amides is 1. The molecule has 5 aromatic rings. The molecule has 0 atom stereocenters. The van der Waals surface area contributed by atoms with Crippen LogP contribution in [0, 0.1) is 18.8 Å². The Bertz CT molecular complexity index is 1670. The predicted molar refractivity (Wildman–Crippen MR) is 140 cm³/mol. The smallest absolute Gasteiger partial charge is 0.300 e. The van der Waals surface area contributed by atoms with Crippen LogP contribution in [0.1, 0.15) is 5.56 Å². The van der Waals surface area contributed by atoms with Crippen molar-refractivity contribution in [1.82, 2.24) is 34.4 Å². The number of rotatable bonds is 6. The molecule has 37 heavy (non-hydrogen) atoms. The minimum atomic E-state index is -0.378. The van der Waals surface area contributed by atoms with Crippen LogP contribution in [-0.4, -0.2) is 61.0 Å². The zero-order chi connectivity index (χ0) is 25.8. The highest BCUT2D eigenvalue weighted by molar-refractivity contribution is 6.05. The molecule has 0 saturated carbocycles. The first-order valence-corrected chi connectivity index (χ1v) is 11.3. The maximum absolute atomic E-state index is 12.2. The standard InChI is InChI=1S/C26H23N9O2/c1-17-11-18(7-9-22(17)37-25-13-23-28-15-31-35(23)16-30-25)33-26-20-12-19(6-8-21(20)27-14-29-26)32-24(36)5-4-10-34(2)3/h6-9,11-16H,10H2,1-3H3,(H,32,36)(H,27,29,33). The molecule has 0 aliphatic carbocycles. The summed E-state index contributed by atoms with van der Waals surface area (Å²) < 4.78 is 7.52. The van der Waals surface area contributed by atoms with Gasteiger partial charge in [-0.15, -0.1) is 0 Å². The summed E-state index contributed by atoms with van der Waals surface area (Å²) in [5, 5.41) is 10.9. The highest BCUT2D eigenvalue weighted by Crippen LogP contribution is 2.30. The van der Waals surface area contributed by atoms with Gasteiger partial charge in [0, 0.05) is 22.8 Å². The Balaban J connectivity index is 1.34. The van der Waals surface area contributed by atoms with Gasteiger partial charge in [-0.05, 0) is 68.9 Å². The number of benzene rings is 2. The van der Waals surface area contributed by atoms with Gasteiger partial charge in [0.25, 0.3) is 5.91 Å². The van der Waals surface area contributed by atoms with E-state index >= 15 is 0 Å². The van der Waals surface area contributed by atoms with Gasteiger partial charge in [0.05, 0.1) is 12.1 Å². The van der Waals surface area contributed by atoms with Crippen molar-refractivity contribution in [3.63, 3.8) is 0 Å². The Morgan fingerprint density at radius 1 is 1.03 bits per heavy atom. The summed E-state index contributed by atoms with van der Waals surface area (Å²) in [6, 6.07) is 12.8. The van der Waals surface area contributed by atoms with Gasteiger partial charge >= 0.3 is 0 Å². The van der Waals surface area contributed by atoms with Crippen LogP contribution >= 0.6 is 0 Å². The molecule has 0 radical (unpaired) electrons. The highest BCUT2D eigenvalue weighted by atomic mass is 16.5. The van der Waals surface area contributed by atoms with Crippen molar-refractivity contribution in [3.8, 4) is 23.5 Å². The molecule has 3 heterocycles. The van der Waals surface area contributed by atoms with E-state index in [2.05, 4.69) is 47.5 Å². The van der Waals surface area contributed by atoms with Crippen LogP contribution in [-0.2, 0) is 4.79 Å². The third-order valence-electron chi connectivity index (χ3n) is 5.29. The molecular formula is C26H23N9O2. The molecule has 0 aliphatic rings. The van der Waals surface area contributed by atoms with Crippen molar-refractivity contribution in [2.45, 2.75) is 6.92 Å². The van der Waals surface area contributed by atoms with Gasteiger partial charge in [-0.25, -0.2) is 24.5 Å². The maximum atomic E-state index is 12.2. The maximum Gasteiger partial charge on any atom is 0.300 e. The number of nitrogens with zero attached hydrogens (tertiary/aromatic N) is 7. The first-order valence-electron chi connectivity index (χ1n) is 11.3. The number of aromatic nitrogens is 6. The Labute approximate surface area is 212 Å². The molecule has 0 saturated heterocycles. The molecule has 0 fully saturated rings.